The molecule has 2 aromatic rings. The molecule has 0 unspecified atom stereocenters. The van der Waals surface area contributed by atoms with Gasteiger partial charge in [0.1, 0.15) is 12.9 Å². The van der Waals surface area contributed by atoms with Gasteiger partial charge in [0.15, 0.2) is 11.6 Å². The lowest BCUT2D eigenvalue weighted by Gasteiger charge is -2.50. The highest BCUT2D eigenvalue weighted by Gasteiger charge is 2.67. The molecule has 1 spiro atoms. The van der Waals surface area contributed by atoms with Gasteiger partial charge in [-0.25, -0.2) is 0 Å². The van der Waals surface area contributed by atoms with E-state index in [9.17, 15) is 5.11 Å². The summed E-state index contributed by atoms with van der Waals surface area (Å²) in [6.07, 6.45) is 0.454. The third-order valence-corrected chi connectivity index (χ3v) is 18.3. The summed E-state index contributed by atoms with van der Waals surface area (Å²) in [4.78, 5) is 0. The second-order valence-corrected chi connectivity index (χ2v) is 23.2. The van der Waals surface area contributed by atoms with E-state index in [0.29, 0.717) is 32.7 Å². The summed E-state index contributed by atoms with van der Waals surface area (Å²) in [7, 11) is 0.558. The summed E-state index contributed by atoms with van der Waals surface area (Å²) in [5, 5.41) is 14.2. The van der Waals surface area contributed by atoms with Crippen LogP contribution in [0.5, 0.6) is 0 Å². The molecule has 10 nitrogen and oxygen atoms in total. The number of aliphatic hydroxyl groups excluding tert-OH is 1. The summed E-state index contributed by atoms with van der Waals surface area (Å²) in [6.45, 7) is 26.7. The van der Waals surface area contributed by atoms with Gasteiger partial charge in [0.05, 0.1) is 49.8 Å². The standard InChI is InChI=1S/C47H74O10Si/c1-14-32(2)41-34(4)39(54-46(10,11)56-41)29-40(50-13)42-43(52-31-51-28-27-49-12)45(8,9)47(57-42)30-37(48)33(3)38(55-47)25-26-53-58(44(5,6)7,35-21-17-15-18-22-35)36-23-19-16-20-24-36/h14-24,32-34,37-43,48H,1,25-31H2,2-13H3/t32-,33-,34-,37+,38-,39-,40-,41-,42+,43-,47+/m0/s1. The highest BCUT2D eigenvalue weighted by molar-refractivity contribution is 6.99. The minimum atomic E-state index is -2.79. The number of ether oxygens (including phenoxy) is 8. The SMILES string of the molecule is C=C[C@H](C)[C@@H]1OC(C)(C)O[C@@H](C[C@H](OC)[C@H]2O[C@]3(C[C@@H](O)[C@H](C)[C@H](CCO[Si](c4ccccc4)(c4ccccc4)C(C)(C)C)O3)C(C)(C)[C@H]2OCOCCOC)[C@@H]1C. The molecule has 0 aromatic heterocycles. The van der Waals surface area contributed by atoms with Gasteiger partial charge in [0, 0.05) is 56.8 Å². The van der Waals surface area contributed by atoms with Gasteiger partial charge < -0.3 is 47.4 Å². The number of benzene rings is 2. The maximum absolute atomic E-state index is 11.9. The molecule has 0 saturated carbocycles. The van der Waals surface area contributed by atoms with Gasteiger partial charge in [-0.1, -0.05) is 122 Å². The molecule has 326 valence electrons. The topological polar surface area (TPSA) is 103 Å². The fourth-order valence-corrected chi connectivity index (χ4v) is 14.3. The molecule has 0 radical (unpaired) electrons. The predicted octanol–water partition coefficient (Wildman–Crippen LogP) is 7.25. The van der Waals surface area contributed by atoms with Crippen LogP contribution in [0.4, 0.5) is 0 Å². The smallest absolute Gasteiger partial charge is 0.261 e. The van der Waals surface area contributed by atoms with Gasteiger partial charge in [-0.2, -0.15) is 0 Å². The van der Waals surface area contributed by atoms with E-state index < -0.39 is 49.7 Å². The monoisotopic (exact) mass is 827 g/mol. The highest BCUT2D eigenvalue weighted by atomic mass is 28.4. The molecule has 5 rings (SSSR count). The van der Waals surface area contributed by atoms with E-state index in [1.807, 2.05) is 19.9 Å². The molecule has 3 aliphatic rings. The fraction of sp³-hybridized carbons (Fsp3) is 0.702. The van der Waals surface area contributed by atoms with Gasteiger partial charge in [0.2, 0.25) is 0 Å². The zero-order chi connectivity index (χ0) is 42.5. The van der Waals surface area contributed by atoms with Crippen molar-refractivity contribution in [3.8, 4) is 0 Å². The van der Waals surface area contributed by atoms with Crippen molar-refractivity contribution >= 4 is 18.7 Å². The molecule has 3 fully saturated rings. The van der Waals surface area contributed by atoms with Gasteiger partial charge in [0.25, 0.3) is 8.32 Å². The van der Waals surface area contributed by atoms with Crippen LogP contribution < -0.4 is 10.4 Å². The summed E-state index contributed by atoms with van der Waals surface area (Å²) in [5.41, 5.74) is -0.738. The lowest BCUT2D eigenvalue weighted by molar-refractivity contribution is -0.341. The Morgan fingerprint density at radius 2 is 1.47 bits per heavy atom. The van der Waals surface area contributed by atoms with Gasteiger partial charge in [-0.15, -0.1) is 6.58 Å². The van der Waals surface area contributed by atoms with Gasteiger partial charge in [-0.05, 0) is 35.7 Å². The fourth-order valence-electron chi connectivity index (χ4n) is 9.69. The first-order chi connectivity index (χ1) is 27.4. The van der Waals surface area contributed by atoms with Crippen molar-refractivity contribution in [1.82, 2.24) is 0 Å². The predicted molar refractivity (Wildman–Crippen MR) is 230 cm³/mol. The van der Waals surface area contributed by atoms with Crippen molar-refractivity contribution in [1.29, 1.82) is 0 Å². The van der Waals surface area contributed by atoms with Crippen molar-refractivity contribution in [3.05, 3.63) is 73.3 Å². The molecule has 0 bridgehead atoms. The van der Waals surface area contributed by atoms with Crippen LogP contribution in [0.15, 0.2) is 73.3 Å². The zero-order valence-corrected chi connectivity index (χ0v) is 38.4. The van der Waals surface area contributed by atoms with Crippen LogP contribution in [-0.2, 0) is 42.3 Å². The van der Waals surface area contributed by atoms with Crippen LogP contribution in [0.1, 0.15) is 88.5 Å². The average Bonchev–Trinajstić information content (AvgIpc) is 3.39. The normalized spacial score (nSPS) is 32.2. The first kappa shape index (κ1) is 47.1. The molecule has 11 atom stereocenters. The maximum atomic E-state index is 11.9. The molecule has 1 N–H and O–H groups in total. The van der Waals surface area contributed by atoms with Crippen molar-refractivity contribution in [2.24, 2.45) is 23.2 Å². The molecule has 3 heterocycles. The maximum Gasteiger partial charge on any atom is 0.261 e. The average molecular weight is 827 g/mol. The Labute approximate surface area is 350 Å². The van der Waals surface area contributed by atoms with E-state index in [0.717, 1.165) is 0 Å². The van der Waals surface area contributed by atoms with Crippen LogP contribution in [0.2, 0.25) is 5.04 Å². The third kappa shape index (κ3) is 9.71. The second kappa shape index (κ2) is 19.4. The van der Waals surface area contributed by atoms with E-state index in [1.165, 1.54) is 10.4 Å². The minimum Gasteiger partial charge on any atom is -0.407 e. The van der Waals surface area contributed by atoms with Crippen molar-refractivity contribution < 1.29 is 47.4 Å². The van der Waals surface area contributed by atoms with E-state index in [2.05, 4.69) is 123 Å². The molecule has 58 heavy (non-hydrogen) atoms. The molecule has 0 amide bonds. The molecule has 0 aliphatic carbocycles. The number of aliphatic hydroxyl groups is 1. The molecular formula is C47H74O10Si. The Morgan fingerprint density at radius 3 is 2.02 bits per heavy atom. The van der Waals surface area contributed by atoms with Crippen LogP contribution in [0.3, 0.4) is 0 Å². The van der Waals surface area contributed by atoms with E-state index >= 15 is 0 Å². The van der Waals surface area contributed by atoms with Crippen LogP contribution in [0.25, 0.3) is 0 Å². The van der Waals surface area contributed by atoms with E-state index in [4.69, 9.17) is 42.3 Å². The lowest BCUT2D eigenvalue weighted by Crippen LogP contribution is -2.66. The second-order valence-electron chi connectivity index (χ2n) is 18.9. The molecule has 11 heteroatoms. The largest absolute Gasteiger partial charge is 0.407 e. The Hall–Kier alpha value is -2.00. The third-order valence-electron chi connectivity index (χ3n) is 13.2. The minimum absolute atomic E-state index is 0.0364. The van der Waals surface area contributed by atoms with Crippen molar-refractivity contribution in [2.75, 3.05) is 40.8 Å². The Kier molecular flexibility index (Phi) is 15.7. The van der Waals surface area contributed by atoms with Gasteiger partial charge >= 0.3 is 0 Å². The van der Waals surface area contributed by atoms with Crippen LogP contribution in [0, 0.1) is 23.2 Å². The van der Waals surface area contributed by atoms with Crippen molar-refractivity contribution in [3.63, 3.8) is 0 Å². The van der Waals surface area contributed by atoms with E-state index in [-0.39, 0.29) is 54.3 Å². The van der Waals surface area contributed by atoms with Crippen molar-refractivity contribution in [2.45, 2.75) is 148 Å². The van der Waals surface area contributed by atoms with Crippen LogP contribution in [-0.4, -0.2) is 109 Å². The summed E-state index contributed by atoms with van der Waals surface area (Å²) >= 11 is 0. The molecule has 3 aliphatic heterocycles. The van der Waals surface area contributed by atoms with Crippen LogP contribution >= 0.6 is 0 Å². The Bertz CT molecular complexity index is 1530. The Balaban J connectivity index is 1.44. The quantitative estimate of drug-likeness (QED) is 0.0716. The zero-order valence-electron chi connectivity index (χ0n) is 37.4. The molecule has 2 aromatic carbocycles. The molecule has 3 saturated heterocycles. The first-order valence-corrected chi connectivity index (χ1v) is 23.3. The number of methoxy groups -OCH3 is 2. The first-order valence-electron chi connectivity index (χ1n) is 21.4. The summed E-state index contributed by atoms with van der Waals surface area (Å²) in [6, 6.07) is 21.3. The summed E-state index contributed by atoms with van der Waals surface area (Å²) < 4.78 is 58.8. The summed E-state index contributed by atoms with van der Waals surface area (Å²) in [5.74, 6) is -1.98. The van der Waals surface area contributed by atoms with Gasteiger partial charge in [-0.3, -0.25) is 0 Å². The molecular weight excluding hydrogens is 753 g/mol. The highest BCUT2D eigenvalue weighted by Crippen LogP contribution is 2.56. The van der Waals surface area contributed by atoms with E-state index in [1.54, 1.807) is 14.2 Å². The number of rotatable bonds is 18. The lowest BCUT2D eigenvalue weighted by atomic mass is 9.72. The number of hydrogen-bond acceptors (Lipinski definition) is 10. The Morgan fingerprint density at radius 1 is 0.845 bits per heavy atom. The number of hydrogen-bond donors (Lipinski definition) is 1.